The minimum Gasteiger partial charge on any atom is -0.465 e. The smallest absolute Gasteiger partial charge is 0.326 e. The summed E-state index contributed by atoms with van der Waals surface area (Å²) in [4.78, 5) is 14.5. The minimum absolute atomic E-state index is 0.143. The lowest BCUT2D eigenvalue weighted by Gasteiger charge is -2.39. The zero-order valence-electron chi connectivity index (χ0n) is 13.2. The normalized spacial score (nSPS) is 27.8. The highest BCUT2D eigenvalue weighted by molar-refractivity contribution is 5.80. The molecule has 4 heteroatoms. The molecule has 0 radical (unpaired) electrons. The van der Waals surface area contributed by atoms with E-state index in [9.17, 15) is 4.79 Å². The number of rotatable bonds is 6. The molecule has 1 saturated heterocycles. The highest BCUT2D eigenvalue weighted by Crippen LogP contribution is 2.24. The van der Waals surface area contributed by atoms with Crippen molar-refractivity contribution < 1.29 is 9.53 Å². The third-order valence-electron chi connectivity index (χ3n) is 4.68. The number of nitrogens with one attached hydrogen (secondary N) is 1. The van der Waals surface area contributed by atoms with Crippen molar-refractivity contribution in [2.24, 2.45) is 5.92 Å². The molecule has 1 fully saturated rings. The molecule has 0 aromatic carbocycles. The van der Waals surface area contributed by atoms with Crippen molar-refractivity contribution in [2.45, 2.75) is 58.5 Å². The summed E-state index contributed by atoms with van der Waals surface area (Å²) in [5.41, 5.74) is -0.573. The summed E-state index contributed by atoms with van der Waals surface area (Å²) in [5.74, 6) is 0.604. The molecule has 1 aliphatic heterocycles. The number of ether oxygens (including phenoxy) is 1. The first-order chi connectivity index (χ1) is 8.94. The summed E-state index contributed by atoms with van der Waals surface area (Å²) in [6.45, 7) is 10.9. The van der Waals surface area contributed by atoms with Gasteiger partial charge < -0.3 is 15.0 Å². The molecule has 1 rings (SSSR count). The average molecular weight is 270 g/mol. The Balaban J connectivity index is 2.54. The molecule has 0 aliphatic carbocycles. The lowest BCUT2D eigenvalue weighted by molar-refractivity contribution is -0.150. The van der Waals surface area contributed by atoms with E-state index in [0.717, 1.165) is 25.4 Å². The third kappa shape index (κ3) is 4.18. The number of hydrogen-bond donors (Lipinski definition) is 1. The first-order valence-corrected chi connectivity index (χ1v) is 7.54. The average Bonchev–Trinajstić information content (AvgIpc) is 2.40. The maximum absolute atomic E-state index is 12.0. The van der Waals surface area contributed by atoms with E-state index < -0.39 is 5.54 Å². The lowest BCUT2D eigenvalue weighted by atomic mass is 9.90. The molecule has 3 unspecified atom stereocenters. The van der Waals surface area contributed by atoms with Crippen LogP contribution in [0.1, 0.15) is 47.0 Å². The second-order valence-electron chi connectivity index (χ2n) is 5.95. The van der Waals surface area contributed by atoms with Gasteiger partial charge in [0.25, 0.3) is 0 Å². The Labute approximate surface area is 117 Å². The Morgan fingerprint density at radius 1 is 1.47 bits per heavy atom. The van der Waals surface area contributed by atoms with Gasteiger partial charge in [0.15, 0.2) is 0 Å². The van der Waals surface area contributed by atoms with Crippen molar-refractivity contribution in [3.05, 3.63) is 0 Å². The number of esters is 1. The van der Waals surface area contributed by atoms with Crippen LogP contribution in [0.15, 0.2) is 0 Å². The summed E-state index contributed by atoms with van der Waals surface area (Å²) in [6.07, 6.45) is 3.37. The van der Waals surface area contributed by atoms with E-state index in [1.807, 2.05) is 20.9 Å². The quantitative estimate of drug-likeness (QED) is 0.750. The molecule has 112 valence electrons. The van der Waals surface area contributed by atoms with Gasteiger partial charge in [-0.3, -0.25) is 4.79 Å². The topological polar surface area (TPSA) is 41.6 Å². The van der Waals surface area contributed by atoms with Crippen molar-refractivity contribution in [2.75, 3.05) is 26.7 Å². The molecule has 0 bridgehead atoms. The Bertz CT molecular complexity index is 296. The van der Waals surface area contributed by atoms with Gasteiger partial charge >= 0.3 is 5.97 Å². The van der Waals surface area contributed by atoms with Crippen LogP contribution < -0.4 is 5.32 Å². The fourth-order valence-electron chi connectivity index (χ4n) is 2.72. The fourth-order valence-corrected chi connectivity index (χ4v) is 2.72. The van der Waals surface area contributed by atoms with Gasteiger partial charge in [0, 0.05) is 12.6 Å². The highest BCUT2D eigenvalue weighted by Gasteiger charge is 2.34. The van der Waals surface area contributed by atoms with Crippen molar-refractivity contribution in [3.63, 3.8) is 0 Å². The van der Waals surface area contributed by atoms with Crippen molar-refractivity contribution in [3.8, 4) is 0 Å². The van der Waals surface area contributed by atoms with Crippen LogP contribution in [0.2, 0.25) is 0 Å². The van der Waals surface area contributed by atoms with Crippen molar-refractivity contribution >= 4 is 5.97 Å². The van der Waals surface area contributed by atoms with E-state index in [1.165, 1.54) is 12.8 Å². The molecule has 3 atom stereocenters. The second kappa shape index (κ2) is 7.25. The lowest BCUT2D eigenvalue weighted by Crippen LogP contribution is -2.52. The summed E-state index contributed by atoms with van der Waals surface area (Å²) in [6, 6.07) is 0.608. The minimum atomic E-state index is -0.573. The van der Waals surface area contributed by atoms with E-state index in [0.29, 0.717) is 12.6 Å². The summed E-state index contributed by atoms with van der Waals surface area (Å²) >= 11 is 0. The van der Waals surface area contributed by atoms with Crippen molar-refractivity contribution in [1.82, 2.24) is 10.2 Å². The molecule has 0 saturated carbocycles. The molecule has 4 nitrogen and oxygen atoms in total. The highest BCUT2D eigenvalue weighted by atomic mass is 16.5. The summed E-state index contributed by atoms with van der Waals surface area (Å²) in [7, 11) is 1.83. The van der Waals surface area contributed by atoms with E-state index in [-0.39, 0.29) is 5.97 Å². The number of likely N-dealkylation sites (N-methyl/N-ethyl adjacent to an activating group) is 1. The summed E-state index contributed by atoms with van der Waals surface area (Å²) in [5, 5.41) is 3.13. The Kier molecular flexibility index (Phi) is 6.27. The van der Waals surface area contributed by atoms with Gasteiger partial charge in [-0.2, -0.15) is 0 Å². The van der Waals surface area contributed by atoms with Crippen LogP contribution in [0.3, 0.4) is 0 Å². The van der Waals surface area contributed by atoms with E-state index in [4.69, 9.17) is 4.74 Å². The molecule has 1 aliphatic rings. The van der Waals surface area contributed by atoms with Gasteiger partial charge in [0.2, 0.25) is 0 Å². The largest absolute Gasteiger partial charge is 0.465 e. The maximum atomic E-state index is 12.0. The van der Waals surface area contributed by atoms with Crippen LogP contribution in [-0.2, 0) is 9.53 Å². The monoisotopic (exact) mass is 270 g/mol. The molecule has 0 aromatic rings. The van der Waals surface area contributed by atoms with Crippen LogP contribution in [0.4, 0.5) is 0 Å². The first-order valence-electron chi connectivity index (χ1n) is 7.54. The zero-order chi connectivity index (χ0) is 14.5. The molecule has 0 amide bonds. The van der Waals surface area contributed by atoms with E-state index in [2.05, 4.69) is 24.1 Å². The number of hydrogen-bond acceptors (Lipinski definition) is 4. The molecule has 0 aromatic heterocycles. The Hall–Kier alpha value is -0.610. The maximum Gasteiger partial charge on any atom is 0.326 e. The number of piperidine rings is 1. The van der Waals surface area contributed by atoms with Gasteiger partial charge in [-0.25, -0.2) is 0 Å². The Morgan fingerprint density at radius 2 is 2.16 bits per heavy atom. The second-order valence-corrected chi connectivity index (χ2v) is 5.95. The van der Waals surface area contributed by atoms with Crippen LogP contribution in [0.25, 0.3) is 0 Å². The number of carbonyl (C=O) groups excluding carboxylic acids is 1. The van der Waals surface area contributed by atoms with E-state index >= 15 is 0 Å². The van der Waals surface area contributed by atoms with Crippen LogP contribution >= 0.6 is 0 Å². The summed E-state index contributed by atoms with van der Waals surface area (Å²) < 4.78 is 5.17. The molecule has 1 heterocycles. The Morgan fingerprint density at radius 3 is 2.74 bits per heavy atom. The standard InChI is InChI=1S/C15H30N2O2/c1-6-19-14(18)15(4,16-5)9-11-17-10-7-8-12(2)13(17)3/h12-13,16H,6-11H2,1-5H3. The molecular weight excluding hydrogens is 240 g/mol. The van der Waals surface area contributed by atoms with E-state index in [1.54, 1.807) is 0 Å². The zero-order valence-corrected chi connectivity index (χ0v) is 13.2. The van der Waals surface area contributed by atoms with Crippen LogP contribution in [0, 0.1) is 5.92 Å². The number of nitrogens with zero attached hydrogens (tertiary/aromatic N) is 1. The molecule has 19 heavy (non-hydrogen) atoms. The van der Waals surface area contributed by atoms with Crippen LogP contribution in [0.5, 0.6) is 0 Å². The first kappa shape index (κ1) is 16.4. The van der Waals surface area contributed by atoms with Gasteiger partial charge in [-0.15, -0.1) is 0 Å². The SMILES string of the molecule is CCOC(=O)C(C)(CCN1CCCC(C)C1C)NC. The third-order valence-corrected chi connectivity index (χ3v) is 4.68. The van der Waals surface area contributed by atoms with Gasteiger partial charge in [-0.1, -0.05) is 6.92 Å². The van der Waals surface area contributed by atoms with Crippen LogP contribution in [-0.4, -0.2) is 49.2 Å². The molecule has 1 N–H and O–H groups in total. The number of likely N-dealkylation sites (tertiary alicyclic amines) is 1. The van der Waals surface area contributed by atoms with Gasteiger partial charge in [0.05, 0.1) is 6.61 Å². The predicted octanol–water partition coefficient (Wildman–Crippen LogP) is 2.04. The number of carbonyl (C=O) groups is 1. The predicted molar refractivity (Wildman–Crippen MR) is 78.1 cm³/mol. The van der Waals surface area contributed by atoms with Crippen molar-refractivity contribution in [1.29, 1.82) is 0 Å². The molecular formula is C15H30N2O2. The fraction of sp³-hybridized carbons (Fsp3) is 0.933. The molecule has 0 spiro atoms. The van der Waals surface area contributed by atoms with Gasteiger partial charge in [0.1, 0.15) is 5.54 Å². The van der Waals surface area contributed by atoms with Gasteiger partial charge in [-0.05, 0) is 59.5 Å².